The lowest BCUT2D eigenvalue weighted by atomic mass is 9.99. The second-order valence-electron chi connectivity index (χ2n) is 6.31. The highest BCUT2D eigenvalue weighted by Crippen LogP contribution is 2.31. The lowest BCUT2D eigenvalue weighted by Gasteiger charge is -2.39. The molecule has 5 unspecified atom stereocenters. The molecule has 1 aliphatic rings. The summed E-state index contributed by atoms with van der Waals surface area (Å²) in [4.78, 5) is 11.5. The summed E-state index contributed by atoms with van der Waals surface area (Å²) < 4.78 is 21.1. The minimum absolute atomic E-state index is 0.116. The number of hydrogen-bond acceptors (Lipinski definition) is 9. The SMILES string of the molecule is COC(=O)CCc1cc2ccoc2cc1OC1OC(CO)C(O)C(O)C1O. The van der Waals surface area contributed by atoms with Gasteiger partial charge in [0.05, 0.1) is 20.0 Å². The van der Waals surface area contributed by atoms with Crippen LogP contribution in [0, 0.1) is 0 Å². The molecule has 3 rings (SSSR count). The molecular weight excluding hydrogens is 360 g/mol. The Balaban J connectivity index is 1.86. The molecule has 9 heteroatoms. The maximum absolute atomic E-state index is 11.5. The predicted octanol–water partition coefficient (Wildman–Crippen LogP) is -0.283. The number of aliphatic hydroxyl groups is 4. The van der Waals surface area contributed by atoms with Crippen LogP contribution in [-0.2, 0) is 20.7 Å². The van der Waals surface area contributed by atoms with Gasteiger partial charge in [0.2, 0.25) is 6.29 Å². The minimum atomic E-state index is -1.55. The average molecular weight is 382 g/mol. The highest BCUT2D eigenvalue weighted by molar-refractivity contribution is 5.80. The number of esters is 1. The lowest BCUT2D eigenvalue weighted by molar-refractivity contribution is -0.277. The molecule has 1 aromatic heterocycles. The van der Waals surface area contributed by atoms with Crippen LogP contribution in [0.1, 0.15) is 12.0 Å². The van der Waals surface area contributed by atoms with E-state index in [2.05, 4.69) is 4.74 Å². The molecule has 0 bridgehead atoms. The number of fused-ring (bicyclic) bond motifs is 1. The summed E-state index contributed by atoms with van der Waals surface area (Å²) in [7, 11) is 1.30. The molecule has 27 heavy (non-hydrogen) atoms. The summed E-state index contributed by atoms with van der Waals surface area (Å²) in [5, 5.41) is 40.0. The number of aryl methyl sites for hydroxylation is 1. The van der Waals surface area contributed by atoms with Gasteiger partial charge in [0.15, 0.2) is 0 Å². The van der Waals surface area contributed by atoms with Gasteiger partial charge in [-0.2, -0.15) is 0 Å². The van der Waals surface area contributed by atoms with Gasteiger partial charge in [0.25, 0.3) is 0 Å². The summed E-state index contributed by atoms with van der Waals surface area (Å²) >= 11 is 0. The van der Waals surface area contributed by atoms with Gasteiger partial charge < -0.3 is 39.1 Å². The van der Waals surface area contributed by atoms with E-state index in [1.54, 1.807) is 18.2 Å². The lowest BCUT2D eigenvalue weighted by Crippen LogP contribution is -2.60. The van der Waals surface area contributed by atoms with Gasteiger partial charge in [-0.1, -0.05) is 0 Å². The van der Waals surface area contributed by atoms with Crippen molar-refractivity contribution in [3.63, 3.8) is 0 Å². The van der Waals surface area contributed by atoms with Crippen molar-refractivity contribution in [2.75, 3.05) is 13.7 Å². The topological polar surface area (TPSA) is 139 Å². The van der Waals surface area contributed by atoms with E-state index in [0.29, 0.717) is 17.6 Å². The van der Waals surface area contributed by atoms with Crippen LogP contribution in [0.3, 0.4) is 0 Å². The van der Waals surface area contributed by atoms with E-state index in [-0.39, 0.29) is 18.1 Å². The third-order valence-corrected chi connectivity index (χ3v) is 4.55. The van der Waals surface area contributed by atoms with E-state index < -0.39 is 37.3 Å². The number of furan rings is 1. The molecule has 1 aliphatic heterocycles. The van der Waals surface area contributed by atoms with Crippen LogP contribution in [0.2, 0.25) is 0 Å². The second-order valence-corrected chi connectivity index (χ2v) is 6.31. The van der Waals surface area contributed by atoms with E-state index >= 15 is 0 Å². The molecule has 4 N–H and O–H groups in total. The molecule has 1 saturated heterocycles. The Morgan fingerprint density at radius 1 is 1.19 bits per heavy atom. The average Bonchev–Trinajstić information content (AvgIpc) is 3.13. The van der Waals surface area contributed by atoms with Gasteiger partial charge in [0.1, 0.15) is 35.7 Å². The molecule has 0 amide bonds. The van der Waals surface area contributed by atoms with Crippen molar-refractivity contribution in [1.29, 1.82) is 0 Å². The summed E-state index contributed by atoms with van der Waals surface area (Å²) in [5.74, 6) is -0.105. The van der Waals surface area contributed by atoms with Crippen molar-refractivity contribution in [1.82, 2.24) is 0 Å². The van der Waals surface area contributed by atoms with Crippen molar-refractivity contribution < 1.29 is 43.8 Å². The van der Waals surface area contributed by atoms with Gasteiger partial charge >= 0.3 is 5.97 Å². The van der Waals surface area contributed by atoms with Crippen molar-refractivity contribution in [2.45, 2.75) is 43.5 Å². The normalized spacial score (nSPS) is 28.3. The van der Waals surface area contributed by atoms with Gasteiger partial charge in [-0.15, -0.1) is 0 Å². The molecule has 9 nitrogen and oxygen atoms in total. The fourth-order valence-electron chi connectivity index (χ4n) is 2.97. The van der Waals surface area contributed by atoms with Gasteiger partial charge in [-0.25, -0.2) is 0 Å². The fourth-order valence-corrected chi connectivity index (χ4v) is 2.97. The van der Waals surface area contributed by atoms with E-state index in [0.717, 1.165) is 5.39 Å². The van der Waals surface area contributed by atoms with Crippen molar-refractivity contribution in [3.05, 3.63) is 30.0 Å². The molecule has 0 spiro atoms. The smallest absolute Gasteiger partial charge is 0.305 e. The zero-order valence-corrected chi connectivity index (χ0v) is 14.6. The Hall–Kier alpha value is -2.17. The van der Waals surface area contributed by atoms with Crippen molar-refractivity contribution in [3.8, 4) is 5.75 Å². The molecule has 0 saturated carbocycles. The number of aliphatic hydroxyl groups excluding tert-OH is 4. The van der Waals surface area contributed by atoms with Crippen molar-refractivity contribution >= 4 is 16.9 Å². The number of carbonyl (C=O) groups excluding carboxylic acids is 1. The van der Waals surface area contributed by atoms with Crippen LogP contribution in [0.4, 0.5) is 0 Å². The van der Waals surface area contributed by atoms with Gasteiger partial charge in [0, 0.05) is 17.9 Å². The van der Waals surface area contributed by atoms with E-state index in [1.165, 1.54) is 13.4 Å². The number of rotatable bonds is 6. The minimum Gasteiger partial charge on any atom is -0.469 e. The number of methoxy groups -OCH3 is 1. The number of hydrogen-bond donors (Lipinski definition) is 4. The van der Waals surface area contributed by atoms with Crippen LogP contribution in [0.5, 0.6) is 5.75 Å². The highest BCUT2D eigenvalue weighted by atomic mass is 16.7. The first-order chi connectivity index (χ1) is 12.9. The Morgan fingerprint density at radius 2 is 1.96 bits per heavy atom. The standard InChI is InChI=1S/C18H22O9/c1-24-14(20)3-2-9-6-10-4-5-25-11(10)7-12(9)26-18-17(23)16(22)15(21)13(8-19)27-18/h4-7,13,15-19,21-23H,2-3,8H2,1H3. The Labute approximate surface area is 154 Å². The molecule has 5 atom stereocenters. The van der Waals surface area contributed by atoms with Crippen LogP contribution >= 0.6 is 0 Å². The number of ether oxygens (including phenoxy) is 3. The quantitative estimate of drug-likeness (QED) is 0.497. The third-order valence-electron chi connectivity index (χ3n) is 4.55. The molecule has 0 aliphatic carbocycles. The van der Waals surface area contributed by atoms with Gasteiger partial charge in [-0.3, -0.25) is 4.79 Å². The molecular formula is C18H22O9. The van der Waals surface area contributed by atoms with Crippen LogP contribution < -0.4 is 4.74 Å². The van der Waals surface area contributed by atoms with E-state index in [9.17, 15) is 25.2 Å². The summed E-state index contributed by atoms with van der Waals surface area (Å²) in [6.45, 7) is -0.558. The van der Waals surface area contributed by atoms with Crippen LogP contribution in [0.25, 0.3) is 11.0 Å². The summed E-state index contributed by atoms with van der Waals surface area (Å²) in [5.41, 5.74) is 1.17. The van der Waals surface area contributed by atoms with E-state index in [1.807, 2.05) is 0 Å². The maximum Gasteiger partial charge on any atom is 0.305 e. The Morgan fingerprint density at radius 3 is 2.67 bits per heavy atom. The second kappa shape index (κ2) is 8.24. The number of benzene rings is 1. The molecule has 1 fully saturated rings. The Bertz CT molecular complexity index is 784. The third kappa shape index (κ3) is 4.07. The first kappa shape index (κ1) is 19.6. The first-order valence-electron chi connectivity index (χ1n) is 8.48. The molecule has 1 aromatic carbocycles. The Kier molecular flexibility index (Phi) is 5.98. The maximum atomic E-state index is 11.5. The largest absolute Gasteiger partial charge is 0.469 e. The van der Waals surface area contributed by atoms with E-state index in [4.69, 9.17) is 13.9 Å². The number of carbonyl (C=O) groups is 1. The predicted molar refractivity (Wildman–Crippen MR) is 90.9 cm³/mol. The van der Waals surface area contributed by atoms with Crippen LogP contribution in [-0.4, -0.2) is 70.8 Å². The zero-order chi connectivity index (χ0) is 19.6. The molecule has 0 radical (unpaired) electrons. The first-order valence-corrected chi connectivity index (χ1v) is 8.48. The monoisotopic (exact) mass is 382 g/mol. The summed E-state index contributed by atoms with van der Waals surface area (Å²) in [6, 6.07) is 5.12. The zero-order valence-electron chi connectivity index (χ0n) is 14.6. The van der Waals surface area contributed by atoms with Gasteiger partial charge in [-0.05, 0) is 24.1 Å². The molecule has 2 aromatic rings. The fraction of sp³-hybridized carbons (Fsp3) is 0.500. The summed E-state index contributed by atoms with van der Waals surface area (Å²) in [6.07, 6.45) is -5.05. The molecule has 148 valence electrons. The van der Waals surface area contributed by atoms with Crippen molar-refractivity contribution in [2.24, 2.45) is 0 Å². The molecule has 2 heterocycles. The van der Waals surface area contributed by atoms with Crippen LogP contribution in [0.15, 0.2) is 28.9 Å². The highest BCUT2D eigenvalue weighted by Gasteiger charge is 2.44.